The van der Waals surface area contributed by atoms with Crippen LogP contribution in [0.1, 0.15) is 28.4 Å². The molecule has 244 valence electrons. The van der Waals surface area contributed by atoms with E-state index in [4.69, 9.17) is 26.2 Å². The zero-order valence-electron chi connectivity index (χ0n) is 24.9. The molecule has 4 aromatic rings. The van der Waals surface area contributed by atoms with Gasteiger partial charge in [-0.2, -0.15) is 0 Å². The van der Waals surface area contributed by atoms with Crippen LogP contribution in [0.25, 0.3) is 21.7 Å². The molecule has 0 spiro atoms. The second-order valence-electron chi connectivity index (χ2n) is 11.3. The lowest BCUT2D eigenvalue weighted by molar-refractivity contribution is -0.383. The number of aliphatic hydroxyl groups excluding tert-OH is 1. The average molecular weight is 672 g/mol. The zero-order chi connectivity index (χ0) is 32.4. The number of non-ortho nitro benzene ring substituents is 1. The van der Waals surface area contributed by atoms with Crippen molar-refractivity contribution in [3.63, 3.8) is 0 Å². The van der Waals surface area contributed by atoms with Crippen molar-refractivity contribution in [3.05, 3.63) is 69.9 Å². The van der Waals surface area contributed by atoms with Gasteiger partial charge in [-0.3, -0.25) is 19.8 Å². The Balaban J connectivity index is 1.27. The van der Waals surface area contributed by atoms with Gasteiger partial charge in [0.1, 0.15) is 11.4 Å². The lowest BCUT2D eigenvalue weighted by Gasteiger charge is -2.26. The zero-order valence-corrected chi connectivity index (χ0v) is 26.5. The largest absolute Gasteiger partial charge is 0.494 e. The van der Waals surface area contributed by atoms with Gasteiger partial charge in [0, 0.05) is 61.5 Å². The number of nitrogens with zero attached hydrogens (tertiary/aromatic N) is 3. The minimum absolute atomic E-state index is 0.114. The normalized spacial score (nSPS) is 17.1. The maximum absolute atomic E-state index is 13.9. The van der Waals surface area contributed by atoms with E-state index in [9.17, 15) is 23.3 Å². The maximum atomic E-state index is 13.9. The number of alkyl halides is 1. The SMILES string of the molecule is O=C(c1cc2cc(OCCCN3CCOCC3)ccc2[nH]1)N1CC(CCl)c2c1cc([N+](=O)[O-])c1cc(S(=O)(=O)NCCO)ccc21. The first-order valence-corrected chi connectivity index (χ1v) is 17.0. The third kappa shape index (κ3) is 6.41. The van der Waals surface area contributed by atoms with E-state index >= 15 is 0 Å². The van der Waals surface area contributed by atoms with Crippen molar-refractivity contribution in [2.45, 2.75) is 17.2 Å². The fourth-order valence-corrected chi connectivity index (χ4v) is 7.42. The molecule has 3 heterocycles. The molecule has 0 bridgehead atoms. The number of hydrogen-bond donors (Lipinski definition) is 3. The second kappa shape index (κ2) is 13.5. The van der Waals surface area contributed by atoms with Gasteiger partial charge in [0.25, 0.3) is 11.6 Å². The Morgan fingerprint density at radius 1 is 1.15 bits per heavy atom. The van der Waals surface area contributed by atoms with Crippen LogP contribution in [0.15, 0.2) is 53.4 Å². The highest BCUT2D eigenvalue weighted by Gasteiger charge is 2.37. The van der Waals surface area contributed by atoms with Crippen LogP contribution in [-0.4, -0.2) is 99.3 Å². The van der Waals surface area contributed by atoms with E-state index in [2.05, 4.69) is 14.6 Å². The van der Waals surface area contributed by atoms with E-state index in [0.29, 0.717) is 34.7 Å². The number of carbonyl (C=O) groups excluding carboxylic acids is 1. The number of aromatic nitrogens is 1. The lowest BCUT2D eigenvalue weighted by atomic mass is 9.95. The van der Waals surface area contributed by atoms with Gasteiger partial charge in [-0.15, -0.1) is 11.6 Å². The number of amides is 1. The first-order valence-electron chi connectivity index (χ1n) is 15.0. The van der Waals surface area contributed by atoms with Gasteiger partial charge >= 0.3 is 0 Å². The number of halogens is 1. The summed E-state index contributed by atoms with van der Waals surface area (Å²) in [6.07, 6.45) is 0.879. The Kier molecular flexibility index (Phi) is 9.45. The highest BCUT2D eigenvalue weighted by Crippen LogP contribution is 2.46. The second-order valence-corrected chi connectivity index (χ2v) is 13.3. The number of sulfonamides is 1. The molecule has 2 aliphatic heterocycles. The van der Waals surface area contributed by atoms with Crippen molar-refractivity contribution >= 4 is 60.6 Å². The van der Waals surface area contributed by atoms with Crippen LogP contribution >= 0.6 is 11.6 Å². The third-order valence-electron chi connectivity index (χ3n) is 8.36. The quantitative estimate of drug-likeness (QED) is 0.0883. The summed E-state index contributed by atoms with van der Waals surface area (Å²) in [4.78, 5) is 32.4. The molecule has 1 unspecified atom stereocenters. The monoisotopic (exact) mass is 671 g/mol. The first kappa shape index (κ1) is 32.2. The number of rotatable bonds is 12. The van der Waals surface area contributed by atoms with Gasteiger partial charge in [0.05, 0.1) is 47.3 Å². The summed E-state index contributed by atoms with van der Waals surface area (Å²) in [6.45, 7) is 4.46. The van der Waals surface area contributed by atoms with Gasteiger partial charge in [-0.1, -0.05) is 6.07 Å². The molecular formula is C31H34ClN5O8S. The number of fused-ring (bicyclic) bond motifs is 4. The molecule has 46 heavy (non-hydrogen) atoms. The standard InChI is InChI=1S/C31H34ClN5O8S/c32-18-21-19-36(29-17-28(37(40)41)25-16-23(3-4-24(25)30(21)29)46(42,43)33-6-10-38)31(39)27-15-20-14-22(2-5-26(20)34-27)45-11-1-7-35-8-12-44-13-9-35/h2-5,14-17,21,33-34,38H,1,6-13,18-19H2. The number of carbonyl (C=O) groups is 1. The van der Waals surface area contributed by atoms with Crippen LogP contribution in [0.4, 0.5) is 11.4 Å². The van der Waals surface area contributed by atoms with Crippen molar-refractivity contribution < 1.29 is 32.7 Å². The Morgan fingerprint density at radius 3 is 2.70 bits per heavy atom. The highest BCUT2D eigenvalue weighted by atomic mass is 35.5. The van der Waals surface area contributed by atoms with Gasteiger partial charge in [-0.25, -0.2) is 13.1 Å². The van der Waals surface area contributed by atoms with E-state index in [1.54, 1.807) is 6.07 Å². The smallest absolute Gasteiger partial charge is 0.279 e. The number of morpholine rings is 1. The van der Waals surface area contributed by atoms with Crippen molar-refractivity contribution in [1.82, 2.24) is 14.6 Å². The number of nitrogens with one attached hydrogen (secondary N) is 2. The number of anilines is 1. The predicted octanol–water partition coefficient (Wildman–Crippen LogP) is 3.58. The summed E-state index contributed by atoms with van der Waals surface area (Å²) in [5.74, 6) is 0.108. The summed E-state index contributed by atoms with van der Waals surface area (Å²) in [6, 6.07) is 12.7. The topological polar surface area (TPSA) is 167 Å². The minimum Gasteiger partial charge on any atom is -0.494 e. The molecule has 1 amide bonds. The van der Waals surface area contributed by atoms with Gasteiger partial charge < -0.3 is 24.5 Å². The van der Waals surface area contributed by atoms with E-state index in [1.165, 1.54) is 29.2 Å². The summed E-state index contributed by atoms with van der Waals surface area (Å²) in [5.41, 5.74) is 1.70. The molecule has 0 saturated carbocycles. The number of aromatic amines is 1. The number of aliphatic hydroxyl groups is 1. The van der Waals surface area contributed by atoms with Gasteiger partial charge in [-0.05, 0) is 53.8 Å². The van der Waals surface area contributed by atoms with Crippen LogP contribution < -0.4 is 14.4 Å². The number of ether oxygens (including phenoxy) is 2. The van der Waals surface area contributed by atoms with Crippen molar-refractivity contribution in [2.75, 3.05) is 69.9 Å². The van der Waals surface area contributed by atoms with Crippen LogP contribution in [-0.2, 0) is 14.8 Å². The van der Waals surface area contributed by atoms with Crippen molar-refractivity contribution in [3.8, 4) is 5.75 Å². The summed E-state index contributed by atoms with van der Waals surface area (Å²) in [5, 5.41) is 22.6. The molecule has 0 aliphatic carbocycles. The summed E-state index contributed by atoms with van der Waals surface area (Å²) in [7, 11) is -4.02. The van der Waals surface area contributed by atoms with E-state index in [0.717, 1.165) is 50.2 Å². The first-order chi connectivity index (χ1) is 22.2. The van der Waals surface area contributed by atoms with Crippen molar-refractivity contribution in [1.29, 1.82) is 0 Å². The van der Waals surface area contributed by atoms with Crippen LogP contribution in [0.2, 0.25) is 0 Å². The molecule has 0 radical (unpaired) electrons. The molecule has 1 atom stereocenters. The predicted molar refractivity (Wildman–Crippen MR) is 174 cm³/mol. The number of benzene rings is 3. The fourth-order valence-electron chi connectivity index (χ4n) is 6.12. The summed E-state index contributed by atoms with van der Waals surface area (Å²) >= 11 is 6.36. The van der Waals surface area contributed by atoms with Gasteiger partial charge in [0.15, 0.2) is 0 Å². The summed E-state index contributed by atoms with van der Waals surface area (Å²) < 4.78 is 39.0. The van der Waals surface area contributed by atoms with Gasteiger partial charge in [0.2, 0.25) is 10.0 Å². The van der Waals surface area contributed by atoms with E-state index in [1.807, 2.05) is 18.2 Å². The van der Waals surface area contributed by atoms with E-state index < -0.39 is 21.6 Å². The number of nitro groups is 1. The van der Waals surface area contributed by atoms with Crippen molar-refractivity contribution in [2.24, 2.45) is 0 Å². The molecule has 6 rings (SSSR count). The Morgan fingerprint density at radius 2 is 1.96 bits per heavy atom. The molecule has 1 fully saturated rings. The fraction of sp³-hybridized carbons (Fsp3) is 0.387. The number of nitro benzene ring substituents is 1. The van der Waals surface area contributed by atoms with Crippen LogP contribution in [0.3, 0.4) is 0 Å². The minimum atomic E-state index is -4.02. The Bertz CT molecular complexity index is 1890. The number of H-pyrrole nitrogens is 1. The average Bonchev–Trinajstić information content (AvgIpc) is 3.66. The molecule has 1 saturated heterocycles. The molecule has 15 heteroatoms. The Labute approximate surface area is 270 Å². The molecular weight excluding hydrogens is 638 g/mol. The lowest BCUT2D eigenvalue weighted by Crippen LogP contribution is -2.37. The molecule has 2 aliphatic rings. The highest BCUT2D eigenvalue weighted by molar-refractivity contribution is 7.89. The molecule has 13 nitrogen and oxygen atoms in total. The third-order valence-corrected chi connectivity index (χ3v) is 10.2. The number of hydrogen-bond acceptors (Lipinski definition) is 9. The molecule has 3 N–H and O–H groups in total. The maximum Gasteiger partial charge on any atom is 0.279 e. The molecule has 3 aromatic carbocycles. The van der Waals surface area contributed by atoms with Crippen LogP contribution in [0, 0.1) is 10.1 Å². The van der Waals surface area contributed by atoms with E-state index in [-0.39, 0.29) is 46.8 Å². The Hall–Kier alpha value is -3.79. The van der Waals surface area contributed by atoms with Crippen LogP contribution in [0.5, 0.6) is 5.75 Å². The molecule has 1 aromatic heterocycles.